The monoisotopic (exact) mass is 216 g/mol. The number of nitrogens with zero attached hydrogens (tertiary/aromatic N) is 1. The molecule has 1 atom stereocenters. The van der Waals surface area contributed by atoms with Crippen molar-refractivity contribution in [3.05, 3.63) is 0 Å². The fourth-order valence-corrected chi connectivity index (χ4v) is 1.62. The molecule has 1 rings (SSSR count). The van der Waals surface area contributed by atoms with E-state index in [0.717, 1.165) is 26.2 Å². The lowest BCUT2D eigenvalue weighted by Gasteiger charge is -2.36. The first-order chi connectivity index (χ1) is 6.99. The van der Waals surface area contributed by atoms with Gasteiger partial charge in [0.15, 0.2) is 0 Å². The highest BCUT2D eigenvalue weighted by Gasteiger charge is 2.28. The van der Waals surface area contributed by atoms with Crippen molar-refractivity contribution in [1.82, 2.24) is 10.2 Å². The number of ether oxygens (including phenoxy) is 2. The average molecular weight is 216 g/mol. The van der Waals surface area contributed by atoms with Crippen LogP contribution in [-0.2, 0) is 9.47 Å². The van der Waals surface area contributed by atoms with E-state index >= 15 is 0 Å². The van der Waals surface area contributed by atoms with Gasteiger partial charge < -0.3 is 19.7 Å². The third kappa shape index (κ3) is 5.47. The van der Waals surface area contributed by atoms with Crippen molar-refractivity contribution in [1.29, 1.82) is 0 Å². The zero-order chi connectivity index (χ0) is 11.3. The Balaban J connectivity index is 2.11. The van der Waals surface area contributed by atoms with Gasteiger partial charge in [0.2, 0.25) is 0 Å². The molecular weight excluding hydrogens is 192 g/mol. The van der Waals surface area contributed by atoms with Crippen molar-refractivity contribution in [2.24, 2.45) is 0 Å². The van der Waals surface area contributed by atoms with Crippen LogP contribution in [0.15, 0.2) is 0 Å². The second-order valence-corrected chi connectivity index (χ2v) is 5.01. The van der Waals surface area contributed by atoms with Crippen molar-refractivity contribution in [2.45, 2.75) is 25.6 Å². The largest absolute Gasteiger partial charge is 0.377 e. The van der Waals surface area contributed by atoms with E-state index in [1.54, 1.807) is 0 Å². The summed E-state index contributed by atoms with van der Waals surface area (Å²) in [5, 5.41) is 3.36. The molecule has 0 spiro atoms. The Bertz CT molecular complexity index is 183. The molecule has 1 heterocycles. The van der Waals surface area contributed by atoms with Gasteiger partial charge in [0, 0.05) is 19.6 Å². The summed E-state index contributed by atoms with van der Waals surface area (Å²) in [6.07, 6.45) is 0.191. The highest BCUT2D eigenvalue weighted by molar-refractivity contribution is 4.81. The maximum atomic E-state index is 5.88. The molecule has 0 radical (unpaired) electrons. The van der Waals surface area contributed by atoms with E-state index in [2.05, 4.69) is 24.1 Å². The molecule has 1 unspecified atom stereocenters. The molecule has 4 heteroatoms. The van der Waals surface area contributed by atoms with Crippen LogP contribution >= 0.6 is 0 Å². The van der Waals surface area contributed by atoms with Crippen LogP contribution < -0.4 is 5.32 Å². The van der Waals surface area contributed by atoms with Crippen LogP contribution in [-0.4, -0.2) is 63.5 Å². The summed E-state index contributed by atoms with van der Waals surface area (Å²) in [4.78, 5) is 2.11. The highest BCUT2D eigenvalue weighted by atomic mass is 16.5. The molecule has 15 heavy (non-hydrogen) atoms. The lowest BCUT2D eigenvalue weighted by Crippen LogP contribution is -2.52. The fourth-order valence-electron chi connectivity index (χ4n) is 1.62. The average Bonchev–Trinajstić information content (AvgIpc) is 2.10. The number of hydrogen-bond donors (Lipinski definition) is 1. The van der Waals surface area contributed by atoms with Crippen LogP contribution in [0.3, 0.4) is 0 Å². The molecular formula is C11H24N2O2. The number of likely N-dealkylation sites (N-methyl/N-ethyl adjacent to an activating group) is 1. The van der Waals surface area contributed by atoms with Gasteiger partial charge in [0.05, 0.1) is 24.9 Å². The van der Waals surface area contributed by atoms with Crippen LogP contribution in [0, 0.1) is 0 Å². The summed E-state index contributed by atoms with van der Waals surface area (Å²) in [5.74, 6) is 0. The third-order valence-corrected chi connectivity index (χ3v) is 2.40. The van der Waals surface area contributed by atoms with Crippen molar-refractivity contribution in [3.63, 3.8) is 0 Å². The normalized spacial score (nSPS) is 25.8. The summed E-state index contributed by atoms with van der Waals surface area (Å²) in [7, 11) is 4.09. The second kappa shape index (κ2) is 5.80. The molecule has 0 bridgehead atoms. The van der Waals surface area contributed by atoms with Gasteiger partial charge in [-0.2, -0.15) is 0 Å². The Morgan fingerprint density at radius 1 is 1.47 bits per heavy atom. The van der Waals surface area contributed by atoms with Crippen molar-refractivity contribution in [2.75, 3.05) is 46.9 Å². The molecule has 0 aromatic heterocycles. The fraction of sp³-hybridized carbons (Fsp3) is 1.00. The van der Waals surface area contributed by atoms with Crippen molar-refractivity contribution < 1.29 is 9.47 Å². The molecule has 0 aromatic rings. The van der Waals surface area contributed by atoms with E-state index in [4.69, 9.17) is 9.47 Å². The molecule has 1 aliphatic rings. The van der Waals surface area contributed by atoms with Crippen molar-refractivity contribution >= 4 is 0 Å². The van der Waals surface area contributed by atoms with Gasteiger partial charge in [-0.25, -0.2) is 0 Å². The Labute approximate surface area is 92.9 Å². The van der Waals surface area contributed by atoms with E-state index in [0.29, 0.717) is 6.61 Å². The Morgan fingerprint density at radius 3 is 2.80 bits per heavy atom. The van der Waals surface area contributed by atoms with E-state index in [1.165, 1.54) is 0 Å². The summed E-state index contributed by atoms with van der Waals surface area (Å²) in [6, 6.07) is 0. The van der Waals surface area contributed by atoms with Crippen LogP contribution in [0.25, 0.3) is 0 Å². The maximum Gasteiger partial charge on any atom is 0.0940 e. The zero-order valence-corrected chi connectivity index (χ0v) is 10.4. The minimum Gasteiger partial charge on any atom is -0.377 e. The Hall–Kier alpha value is -0.160. The SMILES string of the molecule is CN(C)CCOCC1CNCC(C)(C)O1. The second-order valence-electron chi connectivity index (χ2n) is 5.01. The summed E-state index contributed by atoms with van der Waals surface area (Å²) < 4.78 is 11.5. The minimum atomic E-state index is -0.0617. The molecule has 0 amide bonds. The first-order valence-electron chi connectivity index (χ1n) is 5.60. The van der Waals surface area contributed by atoms with Crippen LogP contribution in [0.4, 0.5) is 0 Å². The van der Waals surface area contributed by atoms with Crippen molar-refractivity contribution in [3.8, 4) is 0 Å². The molecule has 90 valence electrons. The number of morpholine rings is 1. The Morgan fingerprint density at radius 2 is 2.20 bits per heavy atom. The first-order valence-corrected chi connectivity index (χ1v) is 5.60. The van der Waals surface area contributed by atoms with Gasteiger partial charge in [0.1, 0.15) is 0 Å². The first kappa shape index (κ1) is 12.9. The zero-order valence-electron chi connectivity index (χ0n) is 10.4. The molecule has 4 nitrogen and oxygen atoms in total. The van der Waals surface area contributed by atoms with E-state index in [-0.39, 0.29) is 11.7 Å². The van der Waals surface area contributed by atoms with Crippen LogP contribution in [0.5, 0.6) is 0 Å². The van der Waals surface area contributed by atoms with Crippen LogP contribution in [0.2, 0.25) is 0 Å². The van der Waals surface area contributed by atoms with E-state index < -0.39 is 0 Å². The van der Waals surface area contributed by atoms with Gasteiger partial charge in [-0.15, -0.1) is 0 Å². The Kier molecular flexibility index (Phi) is 4.99. The molecule has 1 aliphatic heterocycles. The molecule has 0 aliphatic carbocycles. The molecule has 1 N–H and O–H groups in total. The summed E-state index contributed by atoms with van der Waals surface area (Å²) in [5.41, 5.74) is -0.0617. The lowest BCUT2D eigenvalue weighted by molar-refractivity contribution is -0.120. The van der Waals surface area contributed by atoms with Gasteiger partial charge in [-0.05, 0) is 27.9 Å². The molecule has 1 fully saturated rings. The molecule has 0 aromatic carbocycles. The predicted molar refractivity (Wildman–Crippen MR) is 61.2 cm³/mol. The predicted octanol–water partition coefficient (Wildman–Crippen LogP) is 0.332. The van der Waals surface area contributed by atoms with Gasteiger partial charge in [0.25, 0.3) is 0 Å². The van der Waals surface area contributed by atoms with E-state index in [9.17, 15) is 0 Å². The molecule has 0 saturated carbocycles. The van der Waals surface area contributed by atoms with Crippen LogP contribution in [0.1, 0.15) is 13.8 Å². The topological polar surface area (TPSA) is 33.7 Å². The molecule has 1 saturated heterocycles. The summed E-state index contributed by atoms with van der Waals surface area (Å²) >= 11 is 0. The number of nitrogens with one attached hydrogen (secondary N) is 1. The smallest absolute Gasteiger partial charge is 0.0940 e. The number of hydrogen-bond acceptors (Lipinski definition) is 4. The quantitative estimate of drug-likeness (QED) is 0.672. The highest BCUT2D eigenvalue weighted by Crippen LogP contribution is 2.15. The van der Waals surface area contributed by atoms with E-state index in [1.807, 2.05) is 14.1 Å². The van der Waals surface area contributed by atoms with Gasteiger partial charge >= 0.3 is 0 Å². The number of rotatable bonds is 5. The third-order valence-electron chi connectivity index (χ3n) is 2.40. The minimum absolute atomic E-state index is 0.0617. The maximum absolute atomic E-state index is 5.88. The summed E-state index contributed by atoms with van der Waals surface area (Å²) in [6.45, 7) is 8.44. The standard InChI is InChI=1S/C11H24N2O2/c1-11(2)9-12-7-10(15-11)8-14-6-5-13(3)4/h10,12H,5-9H2,1-4H3. The lowest BCUT2D eigenvalue weighted by atomic mass is 10.1. The van der Waals surface area contributed by atoms with Gasteiger partial charge in [-0.1, -0.05) is 0 Å². The van der Waals surface area contributed by atoms with Gasteiger partial charge in [-0.3, -0.25) is 0 Å².